The number of nitrogens with one attached hydrogen (secondary N) is 2. The highest BCUT2D eigenvalue weighted by Gasteiger charge is 2.03. The van der Waals surface area contributed by atoms with E-state index in [2.05, 4.69) is 10.6 Å². The van der Waals surface area contributed by atoms with Gasteiger partial charge in [-0.2, -0.15) is 0 Å². The van der Waals surface area contributed by atoms with Gasteiger partial charge in [-0.25, -0.2) is 0 Å². The number of carbonyl (C=O) groups is 1. The first kappa shape index (κ1) is 12.7. The van der Waals surface area contributed by atoms with E-state index >= 15 is 0 Å². The molecule has 1 rings (SSSR count). The summed E-state index contributed by atoms with van der Waals surface area (Å²) in [6, 6.07) is 9.39. The smallest absolute Gasteiger partial charge is 0.238 e. The molecule has 0 aliphatic heterocycles. The van der Waals surface area contributed by atoms with Gasteiger partial charge in [0.25, 0.3) is 0 Å². The Kier molecular flexibility index (Phi) is 5.53. The number of methoxy groups -OCH3 is 1. The lowest BCUT2D eigenvalue weighted by Crippen LogP contribution is -2.33. The molecule has 1 aromatic carbocycles. The second-order valence-corrected chi connectivity index (χ2v) is 3.59. The summed E-state index contributed by atoms with van der Waals surface area (Å²) in [5, 5.41) is 5.81. The predicted octanol–water partition coefficient (Wildman–Crippen LogP) is 1.25. The van der Waals surface area contributed by atoms with E-state index in [0.29, 0.717) is 13.1 Å². The Morgan fingerprint density at radius 3 is 2.69 bits per heavy atom. The Balaban J connectivity index is 2.21. The van der Waals surface area contributed by atoms with Gasteiger partial charge in [-0.3, -0.25) is 4.79 Å². The van der Waals surface area contributed by atoms with Crippen molar-refractivity contribution in [3.63, 3.8) is 0 Å². The van der Waals surface area contributed by atoms with Crippen LogP contribution in [0.1, 0.15) is 6.92 Å². The van der Waals surface area contributed by atoms with Crippen LogP contribution in [0, 0.1) is 0 Å². The van der Waals surface area contributed by atoms with Crippen LogP contribution in [-0.4, -0.2) is 32.2 Å². The fourth-order valence-corrected chi connectivity index (χ4v) is 1.20. The number of benzene rings is 1. The quantitative estimate of drug-likeness (QED) is 0.761. The maximum Gasteiger partial charge on any atom is 0.238 e. The fraction of sp³-hybridized carbons (Fsp3) is 0.417. The maximum absolute atomic E-state index is 11.5. The van der Waals surface area contributed by atoms with Crippen LogP contribution in [0.15, 0.2) is 30.3 Å². The lowest BCUT2D eigenvalue weighted by atomic mass is 10.3. The minimum absolute atomic E-state index is 0.0468. The number of hydrogen-bond acceptors (Lipinski definition) is 3. The average Bonchev–Trinajstić information content (AvgIpc) is 2.30. The summed E-state index contributed by atoms with van der Waals surface area (Å²) in [7, 11) is 1.65. The van der Waals surface area contributed by atoms with Crippen LogP contribution in [0.25, 0.3) is 0 Å². The first-order valence-electron chi connectivity index (χ1n) is 5.31. The topological polar surface area (TPSA) is 50.4 Å². The van der Waals surface area contributed by atoms with Crippen LogP contribution >= 0.6 is 0 Å². The molecule has 1 atom stereocenters. The summed E-state index contributed by atoms with van der Waals surface area (Å²) in [5.74, 6) is -0.0468. The Labute approximate surface area is 96.0 Å². The summed E-state index contributed by atoms with van der Waals surface area (Å²) in [4.78, 5) is 11.5. The Morgan fingerprint density at radius 2 is 2.06 bits per heavy atom. The molecule has 0 saturated heterocycles. The van der Waals surface area contributed by atoms with Gasteiger partial charge in [0.05, 0.1) is 12.6 Å². The van der Waals surface area contributed by atoms with Crippen LogP contribution in [0.2, 0.25) is 0 Å². The minimum atomic E-state index is -0.0468. The molecule has 0 aromatic heterocycles. The lowest BCUT2D eigenvalue weighted by molar-refractivity contribution is -0.115. The van der Waals surface area contributed by atoms with Crippen molar-refractivity contribution < 1.29 is 9.53 Å². The highest BCUT2D eigenvalue weighted by molar-refractivity contribution is 5.92. The minimum Gasteiger partial charge on any atom is -0.380 e. The van der Waals surface area contributed by atoms with Crippen LogP contribution in [0.4, 0.5) is 5.69 Å². The first-order chi connectivity index (χ1) is 7.72. The number of anilines is 1. The number of ether oxygens (including phenoxy) is 1. The molecule has 0 saturated carbocycles. The van der Waals surface area contributed by atoms with Gasteiger partial charge in [-0.05, 0) is 19.1 Å². The summed E-state index contributed by atoms with van der Waals surface area (Å²) in [6.07, 6.45) is 0.115. The molecule has 16 heavy (non-hydrogen) atoms. The summed E-state index contributed by atoms with van der Waals surface area (Å²) in [6.45, 7) is 2.91. The van der Waals surface area contributed by atoms with E-state index in [1.807, 2.05) is 37.3 Å². The van der Waals surface area contributed by atoms with Crippen molar-refractivity contribution in [1.82, 2.24) is 5.32 Å². The highest BCUT2D eigenvalue weighted by Crippen LogP contribution is 2.03. The molecule has 1 unspecified atom stereocenters. The van der Waals surface area contributed by atoms with Crippen molar-refractivity contribution in [3.8, 4) is 0 Å². The number of hydrogen-bond donors (Lipinski definition) is 2. The molecular weight excluding hydrogens is 204 g/mol. The fourth-order valence-electron chi connectivity index (χ4n) is 1.20. The third-order valence-corrected chi connectivity index (χ3v) is 2.18. The molecule has 0 radical (unpaired) electrons. The van der Waals surface area contributed by atoms with Crippen LogP contribution < -0.4 is 10.6 Å². The Hall–Kier alpha value is -1.39. The molecular formula is C12H18N2O2. The molecule has 0 spiro atoms. The van der Waals surface area contributed by atoms with E-state index < -0.39 is 0 Å². The summed E-state index contributed by atoms with van der Waals surface area (Å²) < 4.78 is 5.06. The van der Waals surface area contributed by atoms with Crippen LogP contribution in [0.5, 0.6) is 0 Å². The molecule has 0 fully saturated rings. The molecule has 1 amide bonds. The Bertz CT molecular complexity index is 314. The predicted molar refractivity (Wildman–Crippen MR) is 64.4 cm³/mol. The van der Waals surface area contributed by atoms with E-state index in [9.17, 15) is 4.79 Å². The van der Waals surface area contributed by atoms with Crippen LogP contribution in [-0.2, 0) is 9.53 Å². The maximum atomic E-state index is 11.5. The molecule has 4 nitrogen and oxygen atoms in total. The molecule has 0 aliphatic rings. The zero-order valence-corrected chi connectivity index (χ0v) is 9.69. The van der Waals surface area contributed by atoms with Gasteiger partial charge in [0.1, 0.15) is 0 Å². The number of amides is 1. The van der Waals surface area contributed by atoms with E-state index in [1.165, 1.54) is 0 Å². The summed E-state index contributed by atoms with van der Waals surface area (Å²) >= 11 is 0. The molecule has 0 bridgehead atoms. The second-order valence-electron chi connectivity index (χ2n) is 3.59. The van der Waals surface area contributed by atoms with E-state index in [4.69, 9.17) is 4.74 Å². The third kappa shape index (κ3) is 4.91. The lowest BCUT2D eigenvalue weighted by Gasteiger charge is -2.10. The van der Waals surface area contributed by atoms with Gasteiger partial charge >= 0.3 is 0 Å². The van der Waals surface area contributed by atoms with Crippen molar-refractivity contribution in [1.29, 1.82) is 0 Å². The number of para-hydroxylation sites is 1. The van der Waals surface area contributed by atoms with Gasteiger partial charge in [-0.1, -0.05) is 18.2 Å². The van der Waals surface area contributed by atoms with Crippen molar-refractivity contribution in [3.05, 3.63) is 30.3 Å². The summed E-state index contributed by atoms with van der Waals surface area (Å²) in [5.41, 5.74) is 0.814. The largest absolute Gasteiger partial charge is 0.380 e. The molecule has 4 heteroatoms. The molecule has 1 aromatic rings. The van der Waals surface area contributed by atoms with E-state index in [1.54, 1.807) is 7.11 Å². The van der Waals surface area contributed by atoms with Crippen molar-refractivity contribution >= 4 is 11.6 Å². The van der Waals surface area contributed by atoms with Crippen molar-refractivity contribution in [2.45, 2.75) is 13.0 Å². The molecule has 2 N–H and O–H groups in total. The van der Waals surface area contributed by atoms with Crippen molar-refractivity contribution in [2.75, 3.05) is 25.5 Å². The first-order valence-corrected chi connectivity index (χ1v) is 5.31. The van der Waals surface area contributed by atoms with Gasteiger partial charge < -0.3 is 15.4 Å². The van der Waals surface area contributed by atoms with Crippen molar-refractivity contribution in [2.24, 2.45) is 0 Å². The second kappa shape index (κ2) is 6.98. The van der Waals surface area contributed by atoms with Crippen LogP contribution in [0.3, 0.4) is 0 Å². The average molecular weight is 222 g/mol. The van der Waals surface area contributed by atoms with E-state index in [-0.39, 0.29) is 12.0 Å². The molecule has 0 aliphatic carbocycles. The van der Waals surface area contributed by atoms with Gasteiger partial charge in [0, 0.05) is 19.3 Å². The standard InChI is InChI=1S/C12H18N2O2/c1-10(16-2)8-13-9-12(15)14-11-6-4-3-5-7-11/h3-7,10,13H,8-9H2,1-2H3,(H,14,15). The number of carbonyl (C=O) groups excluding carboxylic acids is 1. The molecule has 0 heterocycles. The normalized spacial score (nSPS) is 12.1. The monoisotopic (exact) mass is 222 g/mol. The van der Waals surface area contributed by atoms with Gasteiger partial charge in [-0.15, -0.1) is 0 Å². The Morgan fingerprint density at radius 1 is 1.38 bits per heavy atom. The van der Waals surface area contributed by atoms with E-state index in [0.717, 1.165) is 5.69 Å². The molecule has 88 valence electrons. The van der Waals surface area contributed by atoms with Gasteiger partial charge in [0.2, 0.25) is 5.91 Å². The number of rotatable bonds is 6. The zero-order valence-electron chi connectivity index (χ0n) is 9.69. The highest BCUT2D eigenvalue weighted by atomic mass is 16.5. The third-order valence-electron chi connectivity index (χ3n) is 2.18. The van der Waals surface area contributed by atoms with Gasteiger partial charge in [0.15, 0.2) is 0 Å². The zero-order chi connectivity index (χ0) is 11.8. The SMILES string of the molecule is COC(C)CNCC(=O)Nc1ccccc1.